The van der Waals surface area contributed by atoms with Gasteiger partial charge in [0.2, 0.25) is 5.91 Å². The van der Waals surface area contributed by atoms with Crippen LogP contribution in [0.2, 0.25) is 0 Å². The molecule has 3 N–H and O–H groups in total. The highest BCUT2D eigenvalue weighted by Gasteiger charge is 2.28. The number of nitrogens with two attached hydrogens (primary N) is 1. The summed E-state index contributed by atoms with van der Waals surface area (Å²) in [7, 11) is 0. The predicted octanol–water partition coefficient (Wildman–Crippen LogP) is 1.94. The van der Waals surface area contributed by atoms with Crippen molar-refractivity contribution >= 4 is 11.6 Å². The van der Waals surface area contributed by atoms with E-state index < -0.39 is 0 Å². The summed E-state index contributed by atoms with van der Waals surface area (Å²) in [4.78, 5) is 12.3. The number of carbonyl (C=O) groups is 1. The first-order chi connectivity index (χ1) is 9.74. The van der Waals surface area contributed by atoms with Gasteiger partial charge in [0.05, 0.1) is 11.4 Å². The highest BCUT2D eigenvalue weighted by Crippen LogP contribution is 2.27. The molecule has 0 radical (unpaired) electrons. The summed E-state index contributed by atoms with van der Waals surface area (Å²) in [5.41, 5.74) is 7.52. The zero-order valence-corrected chi connectivity index (χ0v) is 11.2. The first-order valence-electron chi connectivity index (χ1n) is 6.89. The minimum atomic E-state index is 0.0238. The molecule has 1 aromatic carbocycles. The smallest absolute Gasteiger partial charge is 0.227 e. The van der Waals surface area contributed by atoms with Crippen LogP contribution < -0.4 is 11.1 Å². The van der Waals surface area contributed by atoms with Crippen molar-refractivity contribution < 1.29 is 4.79 Å². The molecular weight excluding hydrogens is 252 g/mol. The number of nitrogens with zero attached hydrogens (tertiary/aromatic N) is 2. The van der Waals surface area contributed by atoms with Crippen molar-refractivity contribution in [2.45, 2.75) is 25.3 Å². The maximum absolute atomic E-state index is 12.3. The number of carbonyl (C=O) groups excluding carboxylic acids is 1. The molecule has 0 saturated heterocycles. The van der Waals surface area contributed by atoms with Crippen LogP contribution in [0.3, 0.4) is 0 Å². The number of hydrogen-bond donors (Lipinski definition) is 2. The monoisotopic (exact) mass is 270 g/mol. The van der Waals surface area contributed by atoms with E-state index >= 15 is 0 Å². The van der Waals surface area contributed by atoms with E-state index in [1.807, 2.05) is 36.5 Å². The van der Waals surface area contributed by atoms with Gasteiger partial charge in [-0.25, -0.2) is 4.68 Å². The fraction of sp³-hybridized carbons (Fsp3) is 0.333. The highest BCUT2D eigenvalue weighted by molar-refractivity contribution is 5.94. The second-order valence-corrected chi connectivity index (χ2v) is 5.23. The molecule has 2 unspecified atom stereocenters. The average molecular weight is 270 g/mol. The van der Waals surface area contributed by atoms with Crippen LogP contribution in [-0.4, -0.2) is 21.7 Å². The fourth-order valence-corrected chi connectivity index (χ4v) is 2.68. The number of aromatic nitrogens is 2. The average Bonchev–Trinajstić information content (AvgIpc) is 3.10. The lowest BCUT2D eigenvalue weighted by Crippen LogP contribution is -2.23. The topological polar surface area (TPSA) is 72.9 Å². The van der Waals surface area contributed by atoms with E-state index in [0.29, 0.717) is 0 Å². The zero-order valence-electron chi connectivity index (χ0n) is 11.2. The molecule has 1 aromatic heterocycles. The third-order valence-electron chi connectivity index (χ3n) is 3.76. The van der Waals surface area contributed by atoms with Gasteiger partial charge in [0.25, 0.3) is 0 Å². The summed E-state index contributed by atoms with van der Waals surface area (Å²) in [6.07, 6.45) is 6.15. The Kier molecular flexibility index (Phi) is 3.52. The van der Waals surface area contributed by atoms with Gasteiger partial charge in [-0.1, -0.05) is 12.1 Å². The van der Waals surface area contributed by atoms with Gasteiger partial charge < -0.3 is 11.1 Å². The second kappa shape index (κ2) is 5.46. The lowest BCUT2D eigenvalue weighted by molar-refractivity contribution is -0.119. The Hall–Kier alpha value is -2.14. The van der Waals surface area contributed by atoms with Crippen molar-refractivity contribution in [3.05, 3.63) is 42.7 Å². The van der Waals surface area contributed by atoms with Crippen molar-refractivity contribution in [1.29, 1.82) is 0 Å². The molecule has 1 fully saturated rings. The van der Waals surface area contributed by atoms with Gasteiger partial charge in [-0.15, -0.1) is 0 Å². The van der Waals surface area contributed by atoms with Crippen molar-refractivity contribution in [1.82, 2.24) is 9.78 Å². The summed E-state index contributed by atoms with van der Waals surface area (Å²) in [5.74, 6) is 0.0771. The molecule has 5 heteroatoms. The summed E-state index contributed by atoms with van der Waals surface area (Å²) in [6.45, 7) is 0. The Morgan fingerprint density at radius 3 is 2.85 bits per heavy atom. The van der Waals surface area contributed by atoms with Crippen LogP contribution in [0.5, 0.6) is 0 Å². The molecule has 5 nitrogen and oxygen atoms in total. The SMILES string of the molecule is NC1CCC(C(=O)Nc2ccccc2-n2cccn2)C1. The van der Waals surface area contributed by atoms with Gasteiger partial charge in [0.15, 0.2) is 0 Å². The van der Waals surface area contributed by atoms with Crippen molar-refractivity contribution in [2.75, 3.05) is 5.32 Å². The number of benzene rings is 1. The van der Waals surface area contributed by atoms with Crippen LogP contribution in [0.25, 0.3) is 5.69 Å². The molecule has 104 valence electrons. The molecule has 1 aliphatic carbocycles. The molecule has 3 rings (SSSR count). The van der Waals surface area contributed by atoms with Crippen LogP contribution >= 0.6 is 0 Å². The van der Waals surface area contributed by atoms with E-state index in [2.05, 4.69) is 10.4 Å². The second-order valence-electron chi connectivity index (χ2n) is 5.23. The minimum Gasteiger partial charge on any atom is -0.328 e. The molecule has 2 aromatic rings. The van der Waals surface area contributed by atoms with E-state index in [9.17, 15) is 4.79 Å². The number of rotatable bonds is 3. The van der Waals surface area contributed by atoms with Gasteiger partial charge in [-0.3, -0.25) is 4.79 Å². The Morgan fingerprint density at radius 1 is 1.30 bits per heavy atom. The van der Waals surface area contributed by atoms with Crippen molar-refractivity contribution in [3.8, 4) is 5.69 Å². The molecule has 2 atom stereocenters. The van der Waals surface area contributed by atoms with Gasteiger partial charge >= 0.3 is 0 Å². The van der Waals surface area contributed by atoms with Crippen LogP contribution in [0.15, 0.2) is 42.7 Å². The van der Waals surface area contributed by atoms with Crippen LogP contribution in [-0.2, 0) is 4.79 Å². The largest absolute Gasteiger partial charge is 0.328 e. The molecule has 0 aliphatic heterocycles. The minimum absolute atomic E-state index is 0.0238. The summed E-state index contributed by atoms with van der Waals surface area (Å²) in [5, 5.41) is 7.22. The molecule has 0 bridgehead atoms. The van der Waals surface area contributed by atoms with E-state index in [1.54, 1.807) is 10.9 Å². The van der Waals surface area contributed by atoms with E-state index in [1.165, 1.54) is 0 Å². The maximum Gasteiger partial charge on any atom is 0.227 e. The lowest BCUT2D eigenvalue weighted by Gasteiger charge is -2.14. The third kappa shape index (κ3) is 2.58. The predicted molar refractivity (Wildman–Crippen MR) is 77.5 cm³/mol. The first-order valence-corrected chi connectivity index (χ1v) is 6.89. The highest BCUT2D eigenvalue weighted by atomic mass is 16.1. The van der Waals surface area contributed by atoms with Crippen LogP contribution in [0.1, 0.15) is 19.3 Å². The van der Waals surface area contributed by atoms with Crippen molar-refractivity contribution in [3.63, 3.8) is 0 Å². The van der Waals surface area contributed by atoms with Crippen LogP contribution in [0.4, 0.5) is 5.69 Å². The summed E-state index contributed by atoms with van der Waals surface area (Å²) in [6, 6.07) is 9.68. The van der Waals surface area contributed by atoms with Gasteiger partial charge in [0.1, 0.15) is 0 Å². The Morgan fingerprint density at radius 2 is 2.15 bits per heavy atom. The van der Waals surface area contributed by atoms with Gasteiger partial charge in [-0.05, 0) is 37.5 Å². The fourth-order valence-electron chi connectivity index (χ4n) is 2.68. The van der Waals surface area contributed by atoms with Gasteiger partial charge in [0, 0.05) is 24.4 Å². The molecule has 1 aliphatic rings. The van der Waals surface area contributed by atoms with E-state index in [4.69, 9.17) is 5.73 Å². The number of amides is 1. The number of anilines is 1. The quantitative estimate of drug-likeness (QED) is 0.895. The van der Waals surface area contributed by atoms with Crippen molar-refractivity contribution in [2.24, 2.45) is 11.7 Å². The summed E-state index contributed by atoms with van der Waals surface area (Å²) < 4.78 is 1.75. The maximum atomic E-state index is 12.3. The Labute approximate surface area is 117 Å². The number of hydrogen-bond acceptors (Lipinski definition) is 3. The molecule has 1 heterocycles. The first kappa shape index (κ1) is 12.9. The van der Waals surface area contributed by atoms with E-state index in [-0.39, 0.29) is 17.9 Å². The number of para-hydroxylation sites is 2. The zero-order chi connectivity index (χ0) is 13.9. The summed E-state index contributed by atoms with van der Waals surface area (Å²) >= 11 is 0. The molecule has 0 spiro atoms. The molecule has 1 amide bonds. The molecular formula is C15H18N4O. The normalized spacial score (nSPS) is 21.9. The molecule has 1 saturated carbocycles. The molecule has 20 heavy (non-hydrogen) atoms. The Bertz CT molecular complexity index is 594. The van der Waals surface area contributed by atoms with Crippen LogP contribution in [0, 0.1) is 5.92 Å². The van der Waals surface area contributed by atoms with Gasteiger partial charge in [-0.2, -0.15) is 5.10 Å². The third-order valence-corrected chi connectivity index (χ3v) is 3.76. The number of nitrogens with one attached hydrogen (secondary N) is 1. The lowest BCUT2D eigenvalue weighted by atomic mass is 10.1. The standard InChI is InChI=1S/C15H18N4O/c16-12-7-6-11(10-12)15(20)18-13-4-1-2-5-14(13)19-9-3-8-17-19/h1-5,8-9,11-12H,6-7,10,16H2,(H,18,20). The van der Waals surface area contributed by atoms with E-state index in [0.717, 1.165) is 30.6 Å². The Balaban J connectivity index is 1.79.